The van der Waals surface area contributed by atoms with Gasteiger partial charge in [-0.3, -0.25) is 0 Å². The fourth-order valence-electron chi connectivity index (χ4n) is 2.34. The molecule has 0 aromatic carbocycles. The van der Waals surface area contributed by atoms with E-state index in [0.717, 1.165) is 12.3 Å². The Bertz CT molecular complexity index is 174. The molecule has 1 nitrogen and oxygen atoms in total. The standard InChI is InChI=1S/C10H19Cl2OP/c1-7(2)9-5-4-8(3)6-10(9)13-14(11)12/h7-10H,4-6H2,1-3H3/t8-,9+,10+/m1/s1. The van der Waals surface area contributed by atoms with E-state index >= 15 is 0 Å². The van der Waals surface area contributed by atoms with Crippen LogP contribution in [0.4, 0.5) is 0 Å². The Kier molecular flexibility index (Phi) is 5.49. The lowest BCUT2D eigenvalue weighted by molar-refractivity contribution is 0.0590. The summed E-state index contributed by atoms with van der Waals surface area (Å²) in [7, 11) is 0. The van der Waals surface area contributed by atoms with E-state index in [1.165, 1.54) is 12.8 Å². The predicted octanol–water partition coefficient (Wildman–Crippen LogP) is 5.17. The van der Waals surface area contributed by atoms with Crippen LogP contribution in [0, 0.1) is 17.8 Å². The molecule has 1 aliphatic rings. The molecule has 0 aromatic heterocycles. The van der Waals surface area contributed by atoms with Crippen molar-refractivity contribution in [2.45, 2.75) is 46.1 Å². The topological polar surface area (TPSA) is 9.23 Å². The molecule has 1 saturated carbocycles. The molecule has 3 atom stereocenters. The van der Waals surface area contributed by atoms with Crippen LogP contribution >= 0.6 is 29.3 Å². The first-order valence-corrected chi connectivity index (χ1v) is 8.36. The average Bonchev–Trinajstić information content (AvgIpc) is 2.01. The van der Waals surface area contributed by atoms with E-state index in [-0.39, 0.29) is 6.10 Å². The second kappa shape index (κ2) is 5.89. The minimum atomic E-state index is -1.25. The summed E-state index contributed by atoms with van der Waals surface area (Å²) in [5, 5.41) is 0. The van der Waals surface area contributed by atoms with Crippen LogP contribution in [0.15, 0.2) is 0 Å². The van der Waals surface area contributed by atoms with Crippen molar-refractivity contribution < 1.29 is 4.52 Å². The van der Waals surface area contributed by atoms with E-state index in [9.17, 15) is 0 Å². The van der Waals surface area contributed by atoms with Gasteiger partial charge in [-0.25, -0.2) is 0 Å². The van der Waals surface area contributed by atoms with Gasteiger partial charge in [-0.05, 0) is 53.1 Å². The van der Waals surface area contributed by atoms with E-state index < -0.39 is 6.85 Å². The maximum Gasteiger partial charge on any atom is 0.225 e. The largest absolute Gasteiger partial charge is 0.328 e. The van der Waals surface area contributed by atoms with Gasteiger partial charge in [-0.1, -0.05) is 27.2 Å². The zero-order valence-electron chi connectivity index (χ0n) is 9.04. The molecule has 0 aromatic rings. The number of hydrogen-bond acceptors (Lipinski definition) is 1. The SMILES string of the molecule is CC(C)[C@@H]1CC[C@@H](C)C[C@@H]1OP(Cl)Cl. The average molecular weight is 257 g/mol. The molecule has 1 aliphatic carbocycles. The lowest BCUT2D eigenvalue weighted by Crippen LogP contribution is -2.32. The zero-order chi connectivity index (χ0) is 10.7. The van der Waals surface area contributed by atoms with Crippen LogP contribution in [-0.2, 0) is 4.52 Å². The molecule has 4 heteroatoms. The molecule has 1 fully saturated rings. The van der Waals surface area contributed by atoms with Gasteiger partial charge in [0.2, 0.25) is 6.85 Å². The van der Waals surface area contributed by atoms with E-state index in [1.807, 2.05) is 0 Å². The molecule has 0 heterocycles. The highest BCUT2D eigenvalue weighted by molar-refractivity contribution is 8.00. The molecular formula is C10H19Cl2OP. The molecule has 0 radical (unpaired) electrons. The molecule has 0 amide bonds. The summed E-state index contributed by atoms with van der Waals surface area (Å²) in [4.78, 5) is 0. The summed E-state index contributed by atoms with van der Waals surface area (Å²) < 4.78 is 5.63. The second-order valence-corrected chi connectivity index (χ2v) is 7.65. The van der Waals surface area contributed by atoms with Crippen LogP contribution in [0.25, 0.3) is 0 Å². The first kappa shape index (κ1) is 13.0. The highest BCUT2D eigenvalue weighted by Gasteiger charge is 2.32. The van der Waals surface area contributed by atoms with Crippen molar-refractivity contribution in [3.8, 4) is 0 Å². The van der Waals surface area contributed by atoms with Gasteiger partial charge in [0.25, 0.3) is 0 Å². The number of rotatable bonds is 3. The normalized spacial score (nSPS) is 34.1. The predicted molar refractivity (Wildman–Crippen MR) is 64.8 cm³/mol. The monoisotopic (exact) mass is 256 g/mol. The van der Waals surface area contributed by atoms with Crippen molar-refractivity contribution in [2.24, 2.45) is 17.8 Å². The van der Waals surface area contributed by atoms with Gasteiger partial charge < -0.3 is 4.52 Å². The molecule has 0 bridgehead atoms. The highest BCUT2D eigenvalue weighted by atomic mass is 35.9. The molecule has 0 unspecified atom stereocenters. The molecule has 0 spiro atoms. The molecule has 0 aliphatic heterocycles. The Hall–Kier alpha value is 0.970. The molecule has 0 N–H and O–H groups in total. The third-order valence-corrected chi connectivity index (χ3v) is 4.08. The van der Waals surface area contributed by atoms with Crippen molar-refractivity contribution in [3.05, 3.63) is 0 Å². The van der Waals surface area contributed by atoms with Crippen LogP contribution in [-0.4, -0.2) is 6.10 Å². The van der Waals surface area contributed by atoms with E-state index in [0.29, 0.717) is 11.8 Å². The Labute approximate surface area is 97.9 Å². The molecule has 14 heavy (non-hydrogen) atoms. The van der Waals surface area contributed by atoms with Gasteiger partial charge in [0, 0.05) is 0 Å². The summed E-state index contributed by atoms with van der Waals surface area (Å²) in [6.45, 7) is 5.53. The molecule has 0 saturated heterocycles. The number of halogens is 2. The smallest absolute Gasteiger partial charge is 0.225 e. The van der Waals surface area contributed by atoms with Gasteiger partial charge in [0.05, 0.1) is 6.10 Å². The lowest BCUT2D eigenvalue weighted by Gasteiger charge is -2.37. The number of hydrogen-bond donors (Lipinski definition) is 0. The van der Waals surface area contributed by atoms with Gasteiger partial charge in [-0.15, -0.1) is 0 Å². The van der Waals surface area contributed by atoms with Crippen molar-refractivity contribution in [1.29, 1.82) is 0 Å². The maximum atomic E-state index is 5.74. The third-order valence-electron chi connectivity index (χ3n) is 3.18. The van der Waals surface area contributed by atoms with Crippen molar-refractivity contribution in [1.82, 2.24) is 0 Å². The first-order valence-electron chi connectivity index (χ1n) is 5.29. The van der Waals surface area contributed by atoms with Crippen molar-refractivity contribution in [3.63, 3.8) is 0 Å². The van der Waals surface area contributed by atoms with Crippen LogP contribution in [0.2, 0.25) is 0 Å². The van der Waals surface area contributed by atoms with E-state index in [4.69, 9.17) is 27.0 Å². The summed E-state index contributed by atoms with van der Waals surface area (Å²) in [5.74, 6) is 2.04. The summed E-state index contributed by atoms with van der Waals surface area (Å²) in [6, 6.07) is 0. The molecular weight excluding hydrogens is 238 g/mol. The zero-order valence-corrected chi connectivity index (χ0v) is 11.4. The van der Waals surface area contributed by atoms with Gasteiger partial charge >= 0.3 is 0 Å². The molecule has 1 rings (SSSR count). The van der Waals surface area contributed by atoms with Gasteiger partial charge in [0.1, 0.15) is 0 Å². The summed E-state index contributed by atoms with van der Waals surface area (Å²) in [6.07, 6.45) is 3.95. The van der Waals surface area contributed by atoms with Gasteiger partial charge in [-0.2, -0.15) is 0 Å². The summed E-state index contributed by atoms with van der Waals surface area (Å²) >= 11 is 11.5. The fourth-order valence-corrected chi connectivity index (χ4v) is 3.40. The molecule has 84 valence electrons. The highest BCUT2D eigenvalue weighted by Crippen LogP contribution is 2.52. The minimum Gasteiger partial charge on any atom is -0.328 e. The van der Waals surface area contributed by atoms with Crippen molar-refractivity contribution in [2.75, 3.05) is 0 Å². The Balaban J connectivity index is 2.54. The van der Waals surface area contributed by atoms with Crippen LogP contribution < -0.4 is 0 Å². The van der Waals surface area contributed by atoms with Gasteiger partial charge in [0.15, 0.2) is 0 Å². The minimum absolute atomic E-state index is 0.278. The van der Waals surface area contributed by atoms with Crippen molar-refractivity contribution >= 4 is 29.3 Å². The Morgan fingerprint density at radius 2 is 1.93 bits per heavy atom. The van der Waals surface area contributed by atoms with Crippen LogP contribution in [0.1, 0.15) is 40.0 Å². The first-order chi connectivity index (χ1) is 6.50. The third kappa shape index (κ3) is 3.85. The van der Waals surface area contributed by atoms with E-state index in [1.54, 1.807) is 0 Å². The van der Waals surface area contributed by atoms with Crippen LogP contribution in [0.5, 0.6) is 0 Å². The lowest BCUT2D eigenvalue weighted by atomic mass is 9.75. The second-order valence-electron chi connectivity index (χ2n) is 4.67. The van der Waals surface area contributed by atoms with Crippen LogP contribution in [0.3, 0.4) is 0 Å². The summed E-state index contributed by atoms with van der Waals surface area (Å²) in [5.41, 5.74) is 0. The maximum absolute atomic E-state index is 5.74. The quantitative estimate of drug-likeness (QED) is 0.634. The Morgan fingerprint density at radius 1 is 1.29 bits per heavy atom. The Morgan fingerprint density at radius 3 is 2.43 bits per heavy atom. The van der Waals surface area contributed by atoms with E-state index in [2.05, 4.69) is 20.8 Å². The fraction of sp³-hybridized carbons (Fsp3) is 1.00.